The number of nitrogens with one attached hydrogen (secondary N) is 9. The molecule has 7 rings (SSSR count). The Hall–Kier alpha value is -7.86. The predicted octanol–water partition coefficient (Wildman–Crippen LogP) is 2.01. The monoisotopic (exact) mass is 1130 g/mol. The van der Waals surface area contributed by atoms with Gasteiger partial charge in [-0.25, -0.2) is 0 Å². The fourth-order valence-electron chi connectivity index (χ4n) is 9.29. The molecule has 80 heavy (non-hydrogen) atoms. The van der Waals surface area contributed by atoms with Crippen molar-refractivity contribution in [3.05, 3.63) is 138 Å². The van der Waals surface area contributed by atoms with Gasteiger partial charge in [-0.15, -0.1) is 0 Å². The molecule has 1 aliphatic rings. The first-order valence-electron chi connectivity index (χ1n) is 26.5. The molecule has 1 aliphatic heterocycles. The molecule has 23 heteroatoms. The molecule has 0 saturated carbocycles. The summed E-state index contributed by atoms with van der Waals surface area (Å²) in [4.78, 5) is 121. The number of amides is 8. The van der Waals surface area contributed by atoms with Crippen molar-refractivity contribution in [1.29, 1.82) is 0 Å². The molecule has 2 aromatic heterocycles. The minimum absolute atomic E-state index is 0.00683. The van der Waals surface area contributed by atoms with Crippen molar-refractivity contribution in [3.8, 4) is 5.75 Å². The number of phenols is 1. The van der Waals surface area contributed by atoms with E-state index in [2.05, 4.69) is 47.2 Å². The van der Waals surface area contributed by atoms with Gasteiger partial charge in [0.2, 0.25) is 47.3 Å². The summed E-state index contributed by atoms with van der Waals surface area (Å²) in [5, 5.41) is 31.3. The number of benzene rings is 4. The van der Waals surface area contributed by atoms with Crippen molar-refractivity contribution in [2.45, 2.75) is 107 Å². The maximum Gasteiger partial charge on any atom is 0.244 e. The van der Waals surface area contributed by atoms with Gasteiger partial charge in [-0.2, -0.15) is 0 Å². The summed E-state index contributed by atoms with van der Waals surface area (Å²) in [6.07, 6.45) is 4.31. The first-order chi connectivity index (χ1) is 38.5. The maximum absolute atomic E-state index is 14.9. The topological polar surface area (TPSA) is 351 Å². The lowest BCUT2D eigenvalue weighted by molar-refractivity contribution is -0.136. The van der Waals surface area contributed by atoms with Gasteiger partial charge in [-0.3, -0.25) is 38.4 Å². The van der Waals surface area contributed by atoms with E-state index in [1.165, 1.54) is 12.1 Å². The average molecular weight is 1130 g/mol. The molecule has 8 amide bonds. The standard InChI is InChI=1S/C57H70N12O9S2/c1-32(2)49-57(78)68-48(55(76)64-44(50(60)71)26-35-28-61-41-16-8-6-14-38(35)41)31-80-79-30-47(67-51(72)40(59)24-33-12-4-3-5-13-33)56(77)65-45(25-34-19-21-37(70)22-20-34)53(74)66-46(27-36-29-62-42-17-9-7-15-39(36)42)54(75)63-43(52(73)69-49)18-10-11-23-58/h3-9,12-17,19-22,28-29,32,40,43-49,61-62,70H,10-11,18,23-27,30-31,58-59H2,1-2H3,(H2,60,71)(H,63,75)(H,64,76)(H,65,77)(H,66,74)(H,67,72)(H,68,78)(H,69,73)/t40-,43+,44+,45+,46-,47+,48-,49+/m1/s1. The minimum atomic E-state index is -1.40. The molecule has 21 nitrogen and oxygen atoms in total. The average Bonchev–Trinajstić information content (AvgIpc) is 4.06. The van der Waals surface area contributed by atoms with Gasteiger partial charge in [0, 0.05) is 65.0 Å². The molecule has 0 spiro atoms. The van der Waals surface area contributed by atoms with Crippen LogP contribution in [0.15, 0.2) is 116 Å². The molecule has 0 aliphatic carbocycles. The Morgan fingerprint density at radius 3 is 1.86 bits per heavy atom. The molecule has 424 valence electrons. The summed E-state index contributed by atoms with van der Waals surface area (Å²) in [6, 6.07) is 19.5. The fourth-order valence-corrected chi connectivity index (χ4v) is 11.6. The first kappa shape index (κ1) is 59.8. The molecule has 1 fully saturated rings. The highest BCUT2D eigenvalue weighted by Gasteiger charge is 2.36. The van der Waals surface area contributed by atoms with E-state index < -0.39 is 102 Å². The second-order valence-corrected chi connectivity index (χ2v) is 22.7. The number of unbranched alkanes of at least 4 members (excludes halogenated alkanes) is 1. The Morgan fingerprint density at radius 2 is 1.21 bits per heavy atom. The Balaban J connectivity index is 1.25. The van der Waals surface area contributed by atoms with E-state index in [-0.39, 0.29) is 55.9 Å². The first-order valence-corrected chi connectivity index (χ1v) is 29.0. The molecular weight excluding hydrogens is 1060 g/mol. The van der Waals surface area contributed by atoms with E-state index >= 15 is 0 Å². The number of para-hydroxylation sites is 2. The van der Waals surface area contributed by atoms with Crippen molar-refractivity contribution in [3.63, 3.8) is 0 Å². The molecule has 0 unspecified atom stereocenters. The second kappa shape index (κ2) is 28.9. The SMILES string of the molecule is CC(C)[C@@H]1NC(=O)[C@H](CCCCN)NC(=O)[C@@H](Cc2c[nH]c3ccccc23)NC(=O)[C@H](Cc2ccc(O)cc2)NC(=O)[C@@H](NC(=O)[C@H](N)Cc2ccccc2)CSSC[C@H](C(=O)N[C@@H](Cc2c[nH]c3ccccc23)C(N)=O)NC1=O. The van der Waals surface area contributed by atoms with E-state index in [0.29, 0.717) is 29.5 Å². The van der Waals surface area contributed by atoms with E-state index in [9.17, 15) is 43.5 Å². The fraction of sp³-hybridized carbons (Fsp3) is 0.368. The van der Waals surface area contributed by atoms with Crippen molar-refractivity contribution in [1.82, 2.24) is 47.2 Å². The summed E-state index contributed by atoms with van der Waals surface area (Å²) >= 11 is 0. The third-order valence-corrected chi connectivity index (χ3v) is 16.2. The highest BCUT2D eigenvalue weighted by molar-refractivity contribution is 8.76. The number of H-pyrrole nitrogens is 2. The van der Waals surface area contributed by atoms with Gasteiger partial charge in [-0.05, 0) is 84.7 Å². The van der Waals surface area contributed by atoms with Crippen LogP contribution in [0, 0.1) is 5.92 Å². The zero-order valence-corrected chi connectivity index (χ0v) is 46.1. The molecule has 0 bridgehead atoms. The number of hydrogen-bond donors (Lipinski definition) is 13. The highest BCUT2D eigenvalue weighted by Crippen LogP contribution is 2.25. The number of carbonyl (C=O) groups is 8. The van der Waals surface area contributed by atoms with Gasteiger partial charge in [0.1, 0.15) is 48.0 Å². The molecule has 8 atom stereocenters. The van der Waals surface area contributed by atoms with Crippen LogP contribution in [0.3, 0.4) is 0 Å². The molecule has 16 N–H and O–H groups in total. The van der Waals surface area contributed by atoms with Crippen molar-refractivity contribution >= 4 is 90.7 Å². The van der Waals surface area contributed by atoms with Crippen molar-refractivity contribution in [2.75, 3.05) is 18.1 Å². The van der Waals surface area contributed by atoms with Crippen LogP contribution < -0.4 is 54.4 Å². The molecule has 0 radical (unpaired) electrons. The summed E-state index contributed by atoms with van der Waals surface area (Å²) < 4.78 is 0. The quantitative estimate of drug-likeness (QED) is 0.0433. The van der Waals surface area contributed by atoms with Crippen molar-refractivity contribution < 1.29 is 43.5 Å². The number of aromatic nitrogens is 2. The maximum atomic E-state index is 14.9. The predicted molar refractivity (Wildman–Crippen MR) is 309 cm³/mol. The van der Waals surface area contributed by atoms with Gasteiger partial charge in [-0.1, -0.05) is 114 Å². The second-order valence-electron chi connectivity index (χ2n) is 20.1. The van der Waals surface area contributed by atoms with Crippen LogP contribution in [-0.2, 0) is 64.0 Å². The lowest BCUT2D eigenvalue weighted by Gasteiger charge is -2.29. The molecule has 6 aromatic rings. The number of rotatable bonds is 18. The number of fused-ring (bicyclic) bond motifs is 2. The largest absolute Gasteiger partial charge is 0.508 e. The van der Waals surface area contributed by atoms with E-state index in [1.807, 2.05) is 66.7 Å². The molecule has 4 aromatic carbocycles. The Bertz CT molecular complexity index is 3120. The van der Waals surface area contributed by atoms with Crippen LogP contribution in [0.4, 0.5) is 0 Å². The van der Waals surface area contributed by atoms with Gasteiger partial charge in [0.15, 0.2) is 0 Å². The normalized spacial score (nSPS) is 20.8. The zero-order valence-electron chi connectivity index (χ0n) is 44.5. The van der Waals surface area contributed by atoms with E-state index in [4.69, 9.17) is 17.2 Å². The van der Waals surface area contributed by atoms with Crippen LogP contribution in [0.1, 0.15) is 55.4 Å². The van der Waals surface area contributed by atoms with Crippen LogP contribution in [-0.4, -0.2) is 129 Å². The third-order valence-electron chi connectivity index (χ3n) is 13.8. The smallest absolute Gasteiger partial charge is 0.244 e. The Kier molecular flexibility index (Phi) is 21.6. The van der Waals surface area contributed by atoms with Crippen LogP contribution in [0.25, 0.3) is 21.8 Å². The Labute approximate surface area is 471 Å². The molecule has 3 heterocycles. The third kappa shape index (κ3) is 16.6. The van der Waals surface area contributed by atoms with E-state index in [1.54, 1.807) is 50.5 Å². The molecule has 1 saturated heterocycles. The van der Waals surface area contributed by atoms with Gasteiger partial charge in [0.05, 0.1) is 6.04 Å². The number of nitrogens with two attached hydrogens (primary N) is 3. The summed E-state index contributed by atoms with van der Waals surface area (Å²) in [6.45, 7) is 3.68. The Morgan fingerprint density at radius 1 is 0.637 bits per heavy atom. The zero-order chi connectivity index (χ0) is 57.3. The minimum Gasteiger partial charge on any atom is -0.508 e. The number of primary amides is 1. The number of hydrogen-bond acceptors (Lipinski definition) is 13. The summed E-state index contributed by atoms with van der Waals surface area (Å²) in [5.74, 6) is -7.07. The van der Waals surface area contributed by atoms with Crippen LogP contribution >= 0.6 is 21.6 Å². The van der Waals surface area contributed by atoms with Crippen molar-refractivity contribution in [2.24, 2.45) is 23.1 Å². The number of aromatic hydroxyl groups is 1. The lowest BCUT2D eigenvalue weighted by atomic mass is 10.00. The number of phenolic OH excluding ortho intramolecular Hbond substituents is 1. The lowest BCUT2D eigenvalue weighted by Crippen LogP contribution is -2.61. The van der Waals surface area contributed by atoms with Gasteiger partial charge < -0.3 is 69.5 Å². The van der Waals surface area contributed by atoms with E-state index in [0.717, 1.165) is 49.0 Å². The molecular formula is C57H70N12O9S2. The van der Waals surface area contributed by atoms with Gasteiger partial charge in [0.25, 0.3) is 0 Å². The van der Waals surface area contributed by atoms with Gasteiger partial charge >= 0.3 is 0 Å². The number of aromatic amines is 2. The van der Waals surface area contributed by atoms with Crippen LogP contribution in [0.2, 0.25) is 0 Å². The summed E-state index contributed by atoms with van der Waals surface area (Å²) in [5.41, 5.74) is 22.4. The van der Waals surface area contributed by atoms with Crippen LogP contribution in [0.5, 0.6) is 5.75 Å². The highest BCUT2D eigenvalue weighted by atomic mass is 33.1. The number of carbonyl (C=O) groups excluding carboxylic acids is 8. The summed E-state index contributed by atoms with van der Waals surface area (Å²) in [7, 11) is 2.13.